The molecule has 0 spiro atoms. The van der Waals surface area contributed by atoms with Crippen molar-refractivity contribution in [3.05, 3.63) is 54.1 Å². The molecule has 28 heavy (non-hydrogen) atoms. The minimum absolute atomic E-state index is 0.522. The molecule has 3 aromatic rings. The Labute approximate surface area is 163 Å². The van der Waals surface area contributed by atoms with Crippen molar-refractivity contribution in [3.63, 3.8) is 0 Å². The Morgan fingerprint density at radius 2 is 1.96 bits per heavy atom. The number of guanidine groups is 1. The Bertz CT molecular complexity index is 948. The summed E-state index contributed by atoms with van der Waals surface area (Å²) in [4.78, 5) is 11.1. The first kappa shape index (κ1) is 18.2. The molecule has 1 aliphatic rings. The molecule has 0 aliphatic carbocycles. The molecule has 0 radical (unpaired) electrons. The van der Waals surface area contributed by atoms with E-state index in [9.17, 15) is 0 Å². The van der Waals surface area contributed by atoms with Crippen molar-refractivity contribution < 1.29 is 4.74 Å². The zero-order valence-electron chi connectivity index (χ0n) is 15.9. The second-order valence-electron chi connectivity index (χ2n) is 6.41. The van der Waals surface area contributed by atoms with E-state index in [0.717, 1.165) is 49.2 Å². The molecule has 4 rings (SSSR count). The van der Waals surface area contributed by atoms with Gasteiger partial charge in [-0.1, -0.05) is 12.1 Å². The smallest absolute Gasteiger partial charge is 0.191 e. The maximum absolute atomic E-state index is 5.45. The van der Waals surface area contributed by atoms with E-state index in [-0.39, 0.29) is 0 Å². The molecule has 0 saturated carbocycles. The van der Waals surface area contributed by atoms with Crippen molar-refractivity contribution in [2.24, 2.45) is 4.99 Å². The van der Waals surface area contributed by atoms with Crippen molar-refractivity contribution >= 4 is 17.4 Å². The number of anilines is 1. The molecule has 4 heterocycles. The number of morpholine rings is 1. The van der Waals surface area contributed by atoms with Gasteiger partial charge in [-0.2, -0.15) is 0 Å². The number of aromatic nitrogens is 4. The fourth-order valence-electron chi connectivity index (χ4n) is 3.20. The van der Waals surface area contributed by atoms with Crippen LogP contribution >= 0.6 is 0 Å². The molecule has 0 aromatic carbocycles. The lowest BCUT2D eigenvalue weighted by molar-refractivity contribution is 0.122. The van der Waals surface area contributed by atoms with Gasteiger partial charge >= 0.3 is 0 Å². The third-order valence-corrected chi connectivity index (χ3v) is 4.65. The predicted molar refractivity (Wildman–Crippen MR) is 107 cm³/mol. The van der Waals surface area contributed by atoms with Crippen LogP contribution in [0, 0.1) is 0 Å². The molecule has 1 fully saturated rings. The van der Waals surface area contributed by atoms with Crippen LogP contribution in [0.3, 0.4) is 0 Å². The second-order valence-corrected chi connectivity index (χ2v) is 6.41. The average Bonchev–Trinajstić information content (AvgIpc) is 3.18. The molecule has 0 unspecified atom stereocenters. The average molecular weight is 380 g/mol. The highest BCUT2D eigenvalue weighted by molar-refractivity contribution is 5.79. The van der Waals surface area contributed by atoms with E-state index in [2.05, 4.69) is 41.8 Å². The number of hydrogen-bond donors (Lipinski definition) is 2. The zero-order valence-corrected chi connectivity index (χ0v) is 15.9. The van der Waals surface area contributed by atoms with Gasteiger partial charge in [0, 0.05) is 44.6 Å². The summed E-state index contributed by atoms with van der Waals surface area (Å²) < 4.78 is 7.40. The topological polar surface area (TPSA) is 92.0 Å². The van der Waals surface area contributed by atoms with Crippen LogP contribution in [0.2, 0.25) is 0 Å². The monoisotopic (exact) mass is 380 g/mol. The number of nitrogens with one attached hydrogen (secondary N) is 2. The Kier molecular flexibility index (Phi) is 5.62. The molecular weight excluding hydrogens is 356 g/mol. The van der Waals surface area contributed by atoms with Crippen molar-refractivity contribution in [3.8, 4) is 0 Å². The summed E-state index contributed by atoms with van der Waals surface area (Å²) in [6.07, 6.45) is 3.78. The van der Waals surface area contributed by atoms with E-state index in [0.29, 0.717) is 19.0 Å². The van der Waals surface area contributed by atoms with E-state index in [1.54, 1.807) is 7.05 Å². The summed E-state index contributed by atoms with van der Waals surface area (Å²) in [6, 6.07) is 9.88. The fraction of sp³-hybridized carbons (Fsp3) is 0.368. The predicted octanol–water partition coefficient (Wildman–Crippen LogP) is 0.826. The number of ether oxygens (including phenoxy) is 1. The Morgan fingerprint density at radius 1 is 1.11 bits per heavy atom. The summed E-state index contributed by atoms with van der Waals surface area (Å²) in [5.41, 5.74) is 1.95. The van der Waals surface area contributed by atoms with Gasteiger partial charge in [0.05, 0.1) is 19.8 Å². The highest BCUT2D eigenvalue weighted by Crippen LogP contribution is 2.18. The van der Waals surface area contributed by atoms with Gasteiger partial charge in [0.1, 0.15) is 5.82 Å². The quantitative estimate of drug-likeness (QED) is 0.500. The van der Waals surface area contributed by atoms with E-state index >= 15 is 0 Å². The molecule has 3 aromatic heterocycles. The number of aliphatic imine (C=N–C) groups is 1. The summed E-state index contributed by atoms with van der Waals surface area (Å²) in [6.45, 7) is 4.33. The first-order chi connectivity index (χ1) is 13.8. The van der Waals surface area contributed by atoms with Crippen LogP contribution in [0.15, 0.2) is 47.7 Å². The first-order valence-electron chi connectivity index (χ1n) is 9.35. The van der Waals surface area contributed by atoms with Gasteiger partial charge in [0.2, 0.25) is 0 Å². The largest absolute Gasteiger partial charge is 0.378 e. The highest BCUT2D eigenvalue weighted by atomic mass is 16.5. The molecule has 9 nitrogen and oxygen atoms in total. The van der Waals surface area contributed by atoms with Gasteiger partial charge < -0.3 is 20.3 Å². The van der Waals surface area contributed by atoms with Crippen molar-refractivity contribution in [1.29, 1.82) is 0 Å². The van der Waals surface area contributed by atoms with Crippen LogP contribution in [0.5, 0.6) is 0 Å². The molecule has 2 N–H and O–H groups in total. The van der Waals surface area contributed by atoms with Gasteiger partial charge in [-0.3, -0.25) is 9.39 Å². The van der Waals surface area contributed by atoms with Crippen LogP contribution in [0.1, 0.15) is 11.4 Å². The summed E-state index contributed by atoms with van der Waals surface area (Å²) in [5, 5.41) is 15.1. The zero-order chi connectivity index (χ0) is 19.2. The highest BCUT2D eigenvalue weighted by Gasteiger charge is 2.16. The van der Waals surface area contributed by atoms with Crippen molar-refractivity contribution in [1.82, 2.24) is 30.2 Å². The third kappa shape index (κ3) is 4.04. The number of rotatable bonds is 5. The molecule has 0 amide bonds. The van der Waals surface area contributed by atoms with Gasteiger partial charge in [-0.25, -0.2) is 4.98 Å². The van der Waals surface area contributed by atoms with E-state index in [1.807, 2.05) is 41.1 Å². The molecule has 9 heteroatoms. The Balaban J connectivity index is 1.38. The van der Waals surface area contributed by atoms with Gasteiger partial charge in [0.15, 0.2) is 17.4 Å². The molecular formula is C19H24N8O. The maximum atomic E-state index is 5.45. The molecule has 0 bridgehead atoms. The Morgan fingerprint density at radius 3 is 2.82 bits per heavy atom. The fourth-order valence-corrected chi connectivity index (χ4v) is 3.20. The van der Waals surface area contributed by atoms with Gasteiger partial charge in [-0.15, -0.1) is 10.2 Å². The first-order valence-corrected chi connectivity index (χ1v) is 9.35. The molecule has 1 aliphatic heterocycles. The number of nitrogens with zero attached hydrogens (tertiary/aromatic N) is 6. The SMILES string of the molecule is CN=C(NCc1cccnc1N1CCOCC1)NCc1nnc2ccccn12. The molecule has 1 saturated heterocycles. The maximum Gasteiger partial charge on any atom is 0.191 e. The van der Waals surface area contributed by atoms with Crippen molar-refractivity contribution in [2.75, 3.05) is 38.3 Å². The lowest BCUT2D eigenvalue weighted by atomic mass is 10.2. The van der Waals surface area contributed by atoms with Crippen LogP contribution in [-0.2, 0) is 17.8 Å². The molecule has 146 valence electrons. The van der Waals surface area contributed by atoms with Gasteiger partial charge in [-0.05, 0) is 18.2 Å². The summed E-state index contributed by atoms with van der Waals surface area (Å²) in [5.74, 6) is 2.52. The number of pyridine rings is 2. The number of fused-ring (bicyclic) bond motifs is 1. The summed E-state index contributed by atoms with van der Waals surface area (Å²) >= 11 is 0. The van der Waals surface area contributed by atoms with E-state index in [4.69, 9.17) is 4.74 Å². The lowest BCUT2D eigenvalue weighted by Crippen LogP contribution is -2.39. The second kappa shape index (κ2) is 8.66. The minimum atomic E-state index is 0.522. The normalized spacial score (nSPS) is 15.0. The summed E-state index contributed by atoms with van der Waals surface area (Å²) in [7, 11) is 1.75. The van der Waals surface area contributed by atoms with Crippen LogP contribution < -0.4 is 15.5 Å². The molecule has 0 atom stereocenters. The standard InChI is InChI=1S/C19H24N8O/c1-20-19(23-14-17-25-24-16-6-2-3-8-27(16)17)22-13-15-5-4-7-21-18(15)26-9-11-28-12-10-26/h2-8H,9-14H2,1H3,(H2,20,22,23). The van der Waals surface area contributed by atoms with Crippen LogP contribution in [0.25, 0.3) is 5.65 Å². The lowest BCUT2D eigenvalue weighted by Gasteiger charge is -2.29. The minimum Gasteiger partial charge on any atom is -0.378 e. The van der Waals surface area contributed by atoms with Gasteiger partial charge in [0.25, 0.3) is 0 Å². The number of hydrogen-bond acceptors (Lipinski definition) is 6. The Hall–Kier alpha value is -3.20. The van der Waals surface area contributed by atoms with E-state index < -0.39 is 0 Å². The van der Waals surface area contributed by atoms with Crippen molar-refractivity contribution in [2.45, 2.75) is 13.1 Å². The van der Waals surface area contributed by atoms with Crippen LogP contribution in [-0.4, -0.2) is 58.9 Å². The van der Waals surface area contributed by atoms with E-state index in [1.165, 1.54) is 0 Å². The van der Waals surface area contributed by atoms with Crippen LogP contribution in [0.4, 0.5) is 5.82 Å². The third-order valence-electron chi connectivity index (χ3n) is 4.65.